The number of likely N-dealkylation sites (tertiary alicyclic amines) is 2. The molecule has 2 saturated heterocycles. The topological polar surface area (TPSA) is 278 Å². The quantitative estimate of drug-likeness (QED) is 0.0876. The van der Waals surface area contributed by atoms with Crippen LogP contribution in [0.25, 0.3) is 0 Å². The number of hydrogen-bond acceptors (Lipinski definition) is 10. The number of nitrogens with zero attached hydrogens (tertiary/aromatic N) is 2. The number of aliphatic carboxylic acids is 2. The fourth-order valence-electron chi connectivity index (χ4n) is 7.83. The first-order valence-electron chi connectivity index (χ1n) is 21.3. The van der Waals surface area contributed by atoms with Crippen molar-refractivity contribution in [2.24, 2.45) is 17.6 Å². The van der Waals surface area contributed by atoms with Crippen LogP contribution >= 0.6 is 0 Å². The molecule has 8 atom stereocenters. The minimum atomic E-state index is -1.42. The van der Waals surface area contributed by atoms with Crippen molar-refractivity contribution < 1.29 is 53.7 Å². The van der Waals surface area contributed by atoms with Gasteiger partial charge < -0.3 is 52.1 Å². The van der Waals surface area contributed by atoms with Crippen molar-refractivity contribution in [3.05, 3.63) is 65.7 Å². The Bertz CT molecular complexity index is 1910. The number of nitrogens with one attached hydrogen (secondary N) is 4. The zero-order valence-electron chi connectivity index (χ0n) is 35.7. The third kappa shape index (κ3) is 13.2. The normalized spacial score (nSPS) is 19.1. The summed E-state index contributed by atoms with van der Waals surface area (Å²) < 4.78 is 0. The minimum Gasteiger partial charge on any atom is -0.508 e. The molecule has 9 N–H and O–H groups in total. The number of phenols is 1. The Kier molecular flexibility index (Phi) is 17.8. The number of rotatable bonds is 21. The molecule has 0 radical (unpaired) electrons. The Morgan fingerprint density at radius 2 is 1.26 bits per heavy atom. The molecule has 18 heteroatoms. The molecular formula is C44H61N7O11. The van der Waals surface area contributed by atoms with E-state index in [1.165, 1.54) is 21.9 Å². The standard InChI is InChI=1S/C44H61N7O11/c1-5-26(4)37(44(61)62)49-40(57)34-14-10-22-51(34)43(60)31(19-20-35(53)54)46-41(58)36(25(2)3)48-38(55)32(24-27-11-7-6-8-12-27)47-39(56)33-13-9-21-50(33)42(59)30(45)23-28-15-17-29(52)18-16-28/h6-8,11-12,15-18,25-26,30-34,36-37,52H,5,9-10,13-14,19-24,45H2,1-4H3,(H,46,58)(H,47,56)(H,48,55)(H,49,57)(H,53,54)(H,61,62)/t26-,30-,31-,32-,33+,34-,36+,37-/m0/s1. The summed E-state index contributed by atoms with van der Waals surface area (Å²) >= 11 is 0. The molecule has 0 spiro atoms. The minimum absolute atomic E-state index is 0.0176. The zero-order valence-corrected chi connectivity index (χ0v) is 35.7. The number of hydrogen-bond donors (Lipinski definition) is 8. The molecule has 2 aliphatic rings. The number of carboxylic acid groups (broad SMARTS) is 2. The summed E-state index contributed by atoms with van der Waals surface area (Å²) in [5.74, 6) is -7.32. The van der Waals surface area contributed by atoms with Gasteiger partial charge in [0, 0.05) is 25.9 Å². The lowest BCUT2D eigenvalue weighted by Gasteiger charge is -2.32. The lowest BCUT2D eigenvalue weighted by atomic mass is 9.98. The van der Waals surface area contributed by atoms with Gasteiger partial charge >= 0.3 is 11.9 Å². The molecule has 2 fully saturated rings. The molecule has 0 aromatic heterocycles. The van der Waals surface area contributed by atoms with Crippen LogP contribution in [0.4, 0.5) is 0 Å². The molecule has 2 aromatic rings. The molecule has 338 valence electrons. The number of carboxylic acids is 2. The highest BCUT2D eigenvalue weighted by molar-refractivity contribution is 5.97. The van der Waals surface area contributed by atoms with Gasteiger partial charge in [0.15, 0.2) is 0 Å². The van der Waals surface area contributed by atoms with Crippen LogP contribution in [0.15, 0.2) is 54.6 Å². The van der Waals surface area contributed by atoms with Gasteiger partial charge in [0.1, 0.15) is 42.0 Å². The number of carbonyl (C=O) groups is 8. The van der Waals surface area contributed by atoms with Crippen LogP contribution in [0.3, 0.4) is 0 Å². The van der Waals surface area contributed by atoms with Crippen molar-refractivity contribution in [3.63, 3.8) is 0 Å². The van der Waals surface area contributed by atoms with Gasteiger partial charge in [-0.25, -0.2) is 4.79 Å². The number of amides is 6. The van der Waals surface area contributed by atoms with E-state index >= 15 is 0 Å². The van der Waals surface area contributed by atoms with Gasteiger partial charge in [0.05, 0.1) is 6.04 Å². The predicted octanol–water partition coefficient (Wildman–Crippen LogP) is 1.08. The molecule has 2 aliphatic heterocycles. The Hall–Kier alpha value is -6.04. The van der Waals surface area contributed by atoms with Gasteiger partial charge in [0.2, 0.25) is 35.4 Å². The highest BCUT2D eigenvalue weighted by atomic mass is 16.4. The Labute approximate surface area is 361 Å². The maximum atomic E-state index is 14.2. The van der Waals surface area contributed by atoms with Crippen LogP contribution in [0, 0.1) is 11.8 Å². The van der Waals surface area contributed by atoms with Gasteiger partial charge in [-0.1, -0.05) is 76.6 Å². The van der Waals surface area contributed by atoms with E-state index in [0.29, 0.717) is 31.2 Å². The van der Waals surface area contributed by atoms with Crippen LogP contribution in [0.5, 0.6) is 5.75 Å². The van der Waals surface area contributed by atoms with Gasteiger partial charge in [-0.05, 0) is 73.6 Å². The predicted molar refractivity (Wildman–Crippen MR) is 226 cm³/mol. The second-order valence-corrected chi connectivity index (χ2v) is 16.5. The molecule has 4 rings (SSSR count). The van der Waals surface area contributed by atoms with Gasteiger partial charge in [-0.2, -0.15) is 0 Å². The summed E-state index contributed by atoms with van der Waals surface area (Å²) in [5.41, 5.74) is 7.71. The molecule has 0 aliphatic carbocycles. The summed E-state index contributed by atoms with van der Waals surface area (Å²) in [4.78, 5) is 109. The average Bonchev–Trinajstić information content (AvgIpc) is 3.94. The zero-order chi connectivity index (χ0) is 45.7. The summed E-state index contributed by atoms with van der Waals surface area (Å²) in [6, 6.07) is 7.09. The summed E-state index contributed by atoms with van der Waals surface area (Å²) in [6.07, 6.45) is 1.29. The molecule has 0 saturated carbocycles. The lowest BCUT2D eigenvalue weighted by molar-refractivity contribution is -0.146. The number of phenolic OH excluding ortho intramolecular Hbond substituents is 1. The van der Waals surface area contributed by atoms with Gasteiger partial charge in [-0.3, -0.25) is 33.6 Å². The van der Waals surface area contributed by atoms with Crippen molar-refractivity contribution in [2.45, 2.75) is 128 Å². The molecule has 0 bridgehead atoms. The van der Waals surface area contributed by atoms with Crippen LogP contribution < -0.4 is 27.0 Å². The SMILES string of the molecule is CC[C@H](C)[C@H](NC(=O)[C@@H]1CCCN1C(=O)[C@H](CCC(=O)O)NC(=O)[C@H](NC(=O)[C@H](Cc1ccccc1)NC(=O)[C@H]1CCCN1C(=O)[C@@H](N)Cc1ccc(O)cc1)C(C)C)C(=O)O. The van der Waals surface area contributed by atoms with E-state index in [2.05, 4.69) is 21.3 Å². The number of benzene rings is 2. The number of aromatic hydroxyl groups is 1. The number of nitrogens with two attached hydrogens (primary N) is 1. The summed E-state index contributed by atoms with van der Waals surface area (Å²) in [6.45, 7) is 7.16. The second kappa shape index (κ2) is 22.7. The molecule has 2 aromatic carbocycles. The van der Waals surface area contributed by atoms with Gasteiger partial charge in [0.25, 0.3) is 0 Å². The van der Waals surface area contributed by atoms with Crippen molar-refractivity contribution >= 4 is 47.4 Å². The first-order chi connectivity index (χ1) is 29.4. The van der Waals surface area contributed by atoms with E-state index < -0.39 is 108 Å². The van der Waals surface area contributed by atoms with Crippen LogP contribution in [-0.2, 0) is 51.2 Å². The summed E-state index contributed by atoms with van der Waals surface area (Å²) in [7, 11) is 0. The highest BCUT2D eigenvalue weighted by Gasteiger charge is 2.42. The molecule has 62 heavy (non-hydrogen) atoms. The first-order valence-corrected chi connectivity index (χ1v) is 21.3. The van der Waals surface area contributed by atoms with E-state index in [-0.39, 0.29) is 44.5 Å². The van der Waals surface area contributed by atoms with E-state index in [0.717, 1.165) is 5.56 Å². The highest BCUT2D eigenvalue weighted by Crippen LogP contribution is 2.23. The van der Waals surface area contributed by atoms with Crippen LogP contribution in [0.2, 0.25) is 0 Å². The maximum absolute atomic E-state index is 14.2. The van der Waals surface area contributed by atoms with Crippen molar-refractivity contribution in [1.82, 2.24) is 31.1 Å². The molecular weight excluding hydrogens is 803 g/mol. The number of carbonyl (C=O) groups excluding carboxylic acids is 6. The molecule has 6 amide bonds. The second-order valence-electron chi connectivity index (χ2n) is 16.5. The van der Waals surface area contributed by atoms with Gasteiger partial charge in [-0.15, -0.1) is 0 Å². The average molecular weight is 864 g/mol. The van der Waals surface area contributed by atoms with Crippen molar-refractivity contribution in [2.75, 3.05) is 13.1 Å². The lowest BCUT2D eigenvalue weighted by Crippen LogP contribution is -2.61. The Morgan fingerprint density at radius 1 is 0.694 bits per heavy atom. The largest absolute Gasteiger partial charge is 0.508 e. The fourth-order valence-corrected chi connectivity index (χ4v) is 7.83. The Balaban J connectivity index is 1.51. The van der Waals surface area contributed by atoms with Crippen molar-refractivity contribution in [3.8, 4) is 5.75 Å². The first kappa shape index (κ1) is 48.6. The van der Waals surface area contributed by atoms with Crippen molar-refractivity contribution in [1.29, 1.82) is 0 Å². The van der Waals surface area contributed by atoms with E-state index in [9.17, 15) is 53.7 Å². The van der Waals surface area contributed by atoms with E-state index in [1.807, 2.05) is 0 Å². The third-order valence-electron chi connectivity index (χ3n) is 11.6. The van der Waals surface area contributed by atoms with Crippen LogP contribution in [-0.4, -0.2) is 128 Å². The maximum Gasteiger partial charge on any atom is 0.326 e. The fraction of sp³-hybridized carbons (Fsp3) is 0.545. The van der Waals surface area contributed by atoms with Crippen LogP contribution in [0.1, 0.15) is 83.8 Å². The summed E-state index contributed by atoms with van der Waals surface area (Å²) in [5, 5.41) is 39.5. The third-order valence-corrected chi connectivity index (χ3v) is 11.6. The monoisotopic (exact) mass is 863 g/mol. The van der Waals surface area contributed by atoms with E-state index in [1.54, 1.807) is 70.2 Å². The smallest absolute Gasteiger partial charge is 0.326 e. The Morgan fingerprint density at radius 3 is 1.81 bits per heavy atom. The van der Waals surface area contributed by atoms with E-state index in [4.69, 9.17) is 5.73 Å². The molecule has 0 unspecified atom stereocenters. The molecule has 2 heterocycles. The molecule has 18 nitrogen and oxygen atoms in total.